The van der Waals surface area contributed by atoms with E-state index in [0.29, 0.717) is 0 Å². The Morgan fingerprint density at radius 2 is 1.89 bits per heavy atom. The number of carbonyl (C=O) groups excluding carboxylic acids is 1. The minimum absolute atomic E-state index is 0.0306. The van der Waals surface area contributed by atoms with Crippen LogP contribution in [0.25, 0.3) is 0 Å². The van der Waals surface area contributed by atoms with Crippen molar-refractivity contribution in [2.45, 2.75) is 32.1 Å². The number of hydrogen-bond acceptors (Lipinski definition) is 2. The second-order valence-electron chi connectivity index (χ2n) is 4.79. The zero-order valence-corrected chi connectivity index (χ0v) is 10.5. The maximum atomic E-state index is 13.5. The molecule has 0 bridgehead atoms. The molecule has 0 aromatic heterocycles. The van der Waals surface area contributed by atoms with E-state index in [1.165, 1.54) is 12.1 Å². The Kier molecular flexibility index (Phi) is 4.14. The first-order chi connectivity index (χ1) is 9.09. The number of carboxylic acid groups (broad SMARTS) is 1. The second kappa shape index (κ2) is 5.82. The van der Waals surface area contributed by atoms with E-state index >= 15 is 0 Å². The van der Waals surface area contributed by atoms with E-state index in [1.54, 1.807) is 0 Å². The molecule has 0 unspecified atom stereocenters. The van der Waals surface area contributed by atoms with Gasteiger partial charge in [0.05, 0.1) is 5.69 Å². The molecule has 102 valence electrons. The number of carboxylic acids is 1. The van der Waals surface area contributed by atoms with Gasteiger partial charge in [-0.3, -0.25) is 4.79 Å². The van der Waals surface area contributed by atoms with Crippen molar-refractivity contribution in [3.8, 4) is 0 Å². The summed E-state index contributed by atoms with van der Waals surface area (Å²) in [5.74, 6) is -2.53. The first-order valence-corrected chi connectivity index (χ1v) is 6.42. The summed E-state index contributed by atoms with van der Waals surface area (Å²) in [7, 11) is 0. The Morgan fingerprint density at radius 1 is 1.21 bits per heavy atom. The van der Waals surface area contributed by atoms with Crippen LogP contribution >= 0.6 is 0 Å². The number of amides is 1. The Balaban J connectivity index is 2.16. The average molecular weight is 265 g/mol. The topological polar surface area (TPSA) is 66.4 Å². The zero-order chi connectivity index (χ0) is 13.8. The number of rotatable bonds is 3. The van der Waals surface area contributed by atoms with Gasteiger partial charge in [0.2, 0.25) is 5.91 Å². The standard InChI is InChI=1S/C14H16FNO3/c15-10-7-4-8-11(12(10)14(18)19)16-13(17)9-5-2-1-3-6-9/h4,7-9H,1-3,5-6H2,(H,16,17)(H,18,19). The highest BCUT2D eigenvalue weighted by Crippen LogP contribution is 2.26. The van der Waals surface area contributed by atoms with Crippen LogP contribution in [0.2, 0.25) is 0 Å². The first-order valence-electron chi connectivity index (χ1n) is 6.42. The molecule has 0 radical (unpaired) electrons. The number of hydrogen-bond donors (Lipinski definition) is 2. The summed E-state index contributed by atoms with van der Waals surface area (Å²) in [6.07, 6.45) is 4.76. The van der Waals surface area contributed by atoms with Gasteiger partial charge >= 0.3 is 5.97 Å². The molecule has 5 heteroatoms. The molecule has 1 aliphatic carbocycles. The fourth-order valence-electron chi connectivity index (χ4n) is 2.45. The molecule has 4 nitrogen and oxygen atoms in total. The second-order valence-corrected chi connectivity index (χ2v) is 4.79. The number of benzene rings is 1. The van der Waals surface area contributed by atoms with E-state index in [2.05, 4.69) is 5.32 Å². The van der Waals surface area contributed by atoms with Gasteiger partial charge in [0, 0.05) is 5.92 Å². The molecular weight excluding hydrogens is 249 g/mol. The van der Waals surface area contributed by atoms with Crippen LogP contribution in [0.3, 0.4) is 0 Å². The van der Waals surface area contributed by atoms with Crippen LogP contribution in [-0.4, -0.2) is 17.0 Å². The molecule has 0 heterocycles. The molecule has 0 spiro atoms. The number of nitrogens with one attached hydrogen (secondary N) is 1. The predicted molar refractivity (Wildman–Crippen MR) is 68.6 cm³/mol. The Morgan fingerprint density at radius 3 is 2.53 bits per heavy atom. The molecule has 0 saturated heterocycles. The van der Waals surface area contributed by atoms with E-state index in [0.717, 1.165) is 38.2 Å². The minimum atomic E-state index is -1.38. The van der Waals surface area contributed by atoms with Crippen LogP contribution in [0.1, 0.15) is 42.5 Å². The lowest BCUT2D eigenvalue weighted by atomic mass is 9.88. The Labute approximate surface area is 110 Å². The molecule has 0 aliphatic heterocycles. The molecule has 1 amide bonds. The minimum Gasteiger partial charge on any atom is -0.478 e. The fourth-order valence-corrected chi connectivity index (χ4v) is 2.45. The summed E-state index contributed by atoms with van der Waals surface area (Å²) in [4.78, 5) is 23.0. The van der Waals surface area contributed by atoms with Crippen molar-refractivity contribution in [3.05, 3.63) is 29.6 Å². The molecule has 2 rings (SSSR count). The fraction of sp³-hybridized carbons (Fsp3) is 0.429. The highest BCUT2D eigenvalue weighted by atomic mass is 19.1. The third kappa shape index (κ3) is 3.10. The van der Waals surface area contributed by atoms with Crippen LogP contribution in [-0.2, 0) is 4.79 Å². The van der Waals surface area contributed by atoms with E-state index in [4.69, 9.17) is 5.11 Å². The van der Waals surface area contributed by atoms with Crippen molar-refractivity contribution in [3.63, 3.8) is 0 Å². The van der Waals surface area contributed by atoms with E-state index < -0.39 is 17.3 Å². The van der Waals surface area contributed by atoms with Gasteiger partial charge in [0.15, 0.2) is 0 Å². The van der Waals surface area contributed by atoms with Gasteiger partial charge < -0.3 is 10.4 Å². The largest absolute Gasteiger partial charge is 0.478 e. The number of aromatic carboxylic acids is 1. The van der Waals surface area contributed by atoms with Gasteiger partial charge in [0.25, 0.3) is 0 Å². The summed E-state index contributed by atoms with van der Waals surface area (Å²) in [6.45, 7) is 0. The molecular formula is C14H16FNO3. The van der Waals surface area contributed by atoms with Crippen LogP contribution in [0.5, 0.6) is 0 Å². The quantitative estimate of drug-likeness (QED) is 0.882. The normalized spacial score (nSPS) is 16.1. The Bertz CT molecular complexity index is 495. The van der Waals surface area contributed by atoms with Crippen molar-refractivity contribution in [1.29, 1.82) is 0 Å². The van der Waals surface area contributed by atoms with Crippen LogP contribution in [0.15, 0.2) is 18.2 Å². The average Bonchev–Trinajstić information content (AvgIpc) is 2.39. The SMILES string of the molecule is O=C(O)c1c(F)cccc1NC(=O)C1CCCCC1. The summed E-state index contributed by atoms with van der Waals surface area (Å²) >= 11 is 0. The smallest absolute Gasteiger partial charge is 0.340 e. The van der Waals surface area contributed by atoms with Gasteiger partial charge in [-0.25, -0.2) is 9.18 Å². The molecule has 1 aliphatic rings. The van der Waals surface area contributed by atoms with Gasteiger partial charge in [-0.15, -0.1) is 0 Å². The van der Waals surface area contributed by atoms with Gasteiger partial charge in [0.1, 0.15) is 11.4 Å². The maximum absolute atomic E-state index is 13.5. The van der Waals surface area contributed by atoms with Crippen molar-refractivity contribution in [2.75, 3.05) is 5.32 Å². The first kappa shape index (κ1) is 13.5. The van der Waals surface area contributed by atoms with E-state index in [-0.39, 0.29) is 17.5 Å². The lowest BCUT2D eigenvalue weighted by molar-refractivity contribution is -0.120. The van der Waals surface area contributed by atoms with Crippen molar-refractivity contribution in [2.24, 2.45) is 5.92 Å². The predicted octanol–water partition coefficient (Wildman–Crippen LogP) is 3.04. The third-order valence-electron chi connectivity index (χ3n) is 3.46. The molecule has 1 saturated carbocycles. The summed E-state index contributed by atoms with van der Waals surface area (Å²) < 4.78 is 13.5. The van der Waals surface area contributed by atoms with Crippen LogP contribution < -0.4 is 5.32 Å². The molecule has 2 N–H and O–H groups in total. The van der Waals surface area contributed by atoms with E-state index in [1.807, 2.05) is 0 Å². The van der Waals surface area contributed by atoms with Gasteiger partial charge in [-0.1, -0.05) is 25.3 Å². The molecule has 1 fully saturated rings. The zero-order valence-electron chi connectivity index (χ0n) is 10.5. The lowest BCUT2D eigenvalue weighted by Gasteiger charge is -2.21. The van der Waals surface area contributed by atoms with Crippen molar-refractivity contribution >= 4 is 17.6 Å². The molecule has 0 atom stereocenters. The molecule has 19 heavy (non-hydrogen) atoms. The number of carbonyl (C=O) groups is 2. The van der Waals surface area contributed by atoms with Crippen LogP contribution in [0.4, 0.5) is 10.1 Å². The highest BCUT2D eigenvalue weighted by Gasteiger charge is 2.23. The third-order valence-corrected chi connectivity index (χ3v) is 3.46. The monoisotopic (exact) mass is 265 g/mol. The Hall–Kier alpha value is -1.91. The van der Waals surface area contributed by atoms with Crippen LogP contribution in [0, 0.1) is 11.7 Å². The van der Waals surface area contributed by atoms with Crippen molar-refractivity contribution in [1.82, 2.24) is 0 Å². The molecule has 1 aromatic rings. The highest BCUT2D eigenvalue weighted by molar-refractivity contribution is 6.01. The molecule has 1 aromatic carbocycles. The lowest BCUT2D eigenvalue weighted by Crippen LogP contribution is -2.25. The van der Waals surface area contributed by atoms with Gasteiger partial charge in [-0.05, 0) is 25.0 Å². The van der Waals surface area contributed by atoms with Crippen molar-refractivity contribution < 1.29 is 19.1 Å². The summed E-state index contributed by atoms with van der Waals surface area (Å²) in [6, 6.07) is 3.87. The summed E-state index contributed by atoms with van der Waals surface area (Å²) in [5.41, 5.74) is -0.449. The van der Waals surface area contributed by atoms with E-state index in [9.17, 15) is 14.0 Å². The number of anilines is 1. The summed E-state index contributed by atoms with van der Waals surface area (Å²) in [5, 5.41) is 11.5. The van der Waals surface area contributed by atoms with Gasteiger partial charge in [-0.2, -0.15) is 0 Å². The maximum Gasteiger partial charge on any atom is 0.340 e. The number of halogens is 1.